The molecule has 3 heterocycles. The SMILES string of the molecule is Cc1ccc(NC(=O)NCC2=CC3C(=O)N(C4CCC(=O)NC4=O)CC3S2)cc1Cl. The van der Waals surface area contributed by atoms with Gasteiger partial charge in [0.2, 0.25) is 17.7 Å². The molecule has 4 rings (SSSR count). The summed E-state index contributed by atoms with van der Waals surface area (Å²) in [5.41, 5.74) is 1.53. The van der Waals surface area contributed by atoms with E-state index >= 15 is 0 Å². The second kappa shape index (κ2) is 8.31. The third kappa shape index (κ3) is 4.17. The molecule has 2 fully saturated rings. The normalized spacial score (nSPS) is 25.7. The number of hydrogen-bond donors (Lipinski definition) is 3. The number of anilines is 1. The largest absolute Gasteiger partial charge is 0.333 e. The van der Waals surface area contributed by atoms with E-state index in [9.17, 15) is 19.2 Å². The standard InChI is InChI=1S/C20H21ClN4O4S/c1-10-2-3-11(6-14(10)21)23-20(29)22-8-12-7-13-16(30-12)9-25(19(13)28)15-4-5-17(26)24-18(15)27/h2-3,6-7,13,15-16H,4-5,8-9H2,1H3,(H2,22,23,29)(H,24,26,27). The number of rotatable bonds is 4. The van der Waals surface area contributed by atoms with Gasteiger partial charge in [0, 0.05) is 33.8 Å². The highest BCUT2D eigenvalue weighted by molar-refractivity contribution is 8.04. The molecule has 5 amide bonds. The van der Waals surface area contributed by atoms with Crippen molar-refractivity contribution in [2.75, 3.05) is 18.4 Å². The molecule has 3 unspecified atom stereocenters. The number of fused-ring (bicyclic) bond motifs is 1. The van der Waals surface area contributed by atoms with Crippen LogP contribution in [0, 0.1) is 12.8 Å². The minimum Gasteiger partial charge on any atom is -0.333 e. The number of urea groups is 1. The van der Waals surface area contributed by atoms with Gasteiger partial charge in [-0.2, -0.15) is 0 Å². The van der Waals surface area contributed by atoms with Gasteiger partial charge in [0.05, 0.1) is 12.5 Å². The first-order valence-electron chi connectivity index (χ1n) is 9.64. The van der Waals surface area contributed by atoms with Crippen molar-refractivity contribution in [1.29, 1.82) is 0 Å². The third-order valence-corrected chi connectivity index (χ3v) is 7.19. The number of aryl methyl sites for hydroxylation is 1. The molecule has 3 aliphatic heterocycles. The average molecular weight is 449 g/mol. The predicted octanol–water partition coefficient (Wildman–Crippen LogP) is 2.03. The van der Waals surface area contributed by atoms with Crippen LogP contribution in [0.5, 0.6) is 0 Å². The smallest absolute Gasteiger partial charge is 0.319 e. The minimum absolute atomic E-state index is 0.0127. The Balaban J connectivity index is 1.31. The maximum Gasteiger partial charge on any atom is 0.319 e. The van der Waals surface area contributed by atoms with Crippen molar-refractivity contribution in [3.8, 4) is 0 Å². The molecule has 0 bridgehead atoms. The highest BCUT2D eigenvalue weighted by Gasteiger charge is 2.48. The van der Waals surface area contributed by atoms with Crippen molar-refractivity contribution < 1.29 is 19.2 Å². The molecule has 3 atom stereocenters. The summed E-state index contributed by atoms with van der Waals surface area (Å²) in [7, 11) is 0. The fraction of sp³-hybridized carbons (Fsp3) is 0.400. The number of halogens is 1. The van der Waals surface area contributed by atoms with E-state index in [4.69, 9.17) is 11.6 Å². The summed E-state index contributed by atoms with van der Waals surface area (Å²) in [6.45, 7) is 2.65. The zero-order valence-corrected chi connectivity index (χ0v) is 17.8. The van der Waals surface area contributed by atoms with Crippen LogP contribution < -0.4 is 16.0 Å². The number of hydrogen-bond acceptors (Lipinski definition) is 5. The number of benzene rings is 1. The van der Waals surface area contributed by atoms with Gasteiger partial charge in [-0.3, -0.25) is 19.7 Å². The lowest BCUT2D eigenvalue weighted by Crippen LogP contribution is -2.53. The van der Waals surface area contributed by atoms with Crippen molar-refractivity contribution >= 4 is 52.8 Å². The van der Waals surface area contributed by atoms with Crippen LogP contribution in [-0.2, 0) is 14.4 Å². The van der Waals surface area contributed by atoms with Crippen LogP contribution in [-0.4, -0.2) is 53.0 Å². The fourth-order valence-corrected chi connectivity index (χ4v) is 5.37. The van der Waals surface area contributed by atoms with E-state index in [-0.39, 0.29) is 35.4 Å². The predicted molar refractivity (Wildman–Crippen MR) is 114 cm³/mol. The third-order valence-electron chi connectivity index (χ3n) is 5.45. The number of nitrogens with zero attached hydrogens (tertiary/aromatic N) is 1. The average Bonchev–Trinajstić information content (AvgIpc) is 3.22. The van der Waals surface area contributed by atoms with Crippen LogP contribution in [0.3, 0.4) is 0 Å². The minimum atomic E-state index is -0.580. The molecule has 3 N–H and O–H groups in total. The summed E-state index contributed by atoms with van der Waals surface area (Å²) in [4.78, 5) is 50.8. The van der Waals surface area contributed by atoms with Gasteiger partial charge < -0.3 is 15.5 Å². The van der Waals surface area contributed by atoms with Crippen LogP contribution in [0.1, 0.15) is 18.4 Å². The van der Waals surface area contributed by atoms with Crippen LogP contribution in [0.15, 0.2) is 29.2 Å². The molecular weight excluding hydrogens is 428 g/mol. The Kier molecular flexibility index (Phi) is 5.75. The van der Waals surface area contributed by atoms with Crippen molar-refractivity contribution in [3.63, 3.8) is 0 Å². The van der Waals surface area contributed by atoms with Crippen LogP contribution in [0.4, 0.5) is 10.5 Å². The van der Waals surface area contributed by atoms with Gasteiger partial charge in [0.15, 0.2) is 0 Å². The molecule has 0 radical (unpaired) electrons. The number of piperidine rings is 1. The molecule has 1 aromatic carbocycles. The lowest BCUT2D eigenvalue weighted by Gasteiger charge is -2.30. The fourth-order valence-electron chi connectivity index (χ4n) is 3.85. The molecular formula is C20H21ClN4O4S. The maximum atomic E-state index is 12.8. The second-order valence-electron chi connectivity index (χ2n) is 7.54. The van der Waals surface area contributed by atoms with E-state index in [1.165, 1.54) is 0 Å². The topological polar surface area (TPSA) is 108 Å². The Morgan fingerprint density at radius 2 is 2.13 bits per heavy atom. The number of likely N-dealkylation sites (tertiary alicyclic amines) is 1. The second-order valence-corrected chi connectivity index (χ2v) is 9.32. The number of imide groups is 1. The Hall–Kier alpha value is -2.52. The van der Waals surface area contributed by atoms with Crippen LogP contribution in [0.25, 0.3) is 0 Å². The Morgan fingerprint density at radius 3 is 2.83 bits per heavy atom. The van der Waals surface area contributed by atoms with E-state index in [1.54, 1.807) is 28.8 Å². The van der Waals surface area contributed by atoms with Crippen LogP contribution >= 0.6 is 23.4 Å². The number of thioether (sulfide) groups is 1. The molecule has 3 aliphatic rings. The number of carbonyl (C=O) groups excluding carboxylic acids is 4. The van der Waals surface area contributed by atoms with Crippen molar-refractivity contribution in [1.82, 2.24) is 15.5 Å². The molecule has 0 spiro atoms. The molecule has 0 saturated carbocycles. The first-order valence-corrected chi connectivity index (χ1v) is 10.9. The van der Waals surface area contributed by atoms with Gasteiger partial charge >= 0.3 is 6.03 Å². The zero-order chi connectivity index (χ0) is 21.4. The molecule has 8 nitrogen and oxygen atoms in total. The van der Waals surface area contributed by atoms with Gasteiger partial charge in [-0.15, -0.1) is 11.8 Å². The van der Waals surface area contributed by atoms with Crippen molar-refractivity contribution in [2.45, 2.75) is 31.1 Å². The van der Waals surface area contributed by atoms with Gasteiger partial charge in [-0.25, -0.2) is 4.79 Å². The summed E-state index contributed by atoms with van der Waals surface area (Å²) in [5.74, 6) is -1.10. The summed E-state index contributed by atoms with van der Waals surface area (Å²) < 4.78 is 0. The maximum absolute atomic E-state index is 12.8. The van der Waals surface area contributed by atoms with E-state index in [0.717, 1.165) is 10.5 Å². The first-order chi connectivity index (χ1) is 14.3. The molecule has 10 heteroatoms. The van der Waals surface area contributed by atoms with E-state index in [1.807, 2.05) is 19.1 Å². The van der Waals surface area contributed by atoms with E-state index in [0.29, 0.717) is 30.2 Å². The van der Waals surface area contributed by atoms with Crippen molar-refractivity contribution in [3.05, 3.63) is 39.8 Å². The highest BCUT2D eigenvalue weighted by Crippen LogP contribution is 2.42. The molecule has 0 aliphatic carbocycles. The van der Waals surface area contributed by atoms with E-state index < -0.39 is 11.9 Å². The summed E-state index contributed by atoms with van der Waals surface area (Å²) in [6, 6.07) is 4.35. The number of carbonyl (C=O) groups is 4. The first kappa shape index (κ1) is 20.7. The van der Waals surface area contributed by atoms with Crippen molar-refractivity contribution in [2.24, 2.45) is 5.92 Å². The quantitative estimate of drug-likeness (QED) is 0.611. The van der Waals surface area contributed by atoms with Crippen LogP contribution in [0.2, 0.25) is 5.02 Å². The lowest BCUT2D eigenvalue weighted by molar-refractivity contribution is -0.144. The lowest BCUT2D eigenvalue weighted by atomic mass is 10.0. The van der Waals surface area contributed by atoms with Gasteiger partial charge in [-0.1, -0.05) is 23.7 Å². The molecule has 1 aromatic rings. The Labute approximate surface area is 182 Å². The molecule has 158 valence electrons. The number of nitrogens with one attached hydrogen (secondary N) is 3. The summed E-state index contributed by atoms with van der Waals surface area (Å²) in [5, 5.41) is 8.42. The zero-order valence-electron chi connectivity index (χ0n) is 16.2. The Bertz CT molecular complexity index is 966. The summed E-state index contributed by atoms with van der Waals surface area (Å²) in [6.07, 6.45) is 2.48. The van der Waals surface area contributed by atoms with Gasteiger partial charge in [0.25, 0.3) is 0 Å². The summed E-state index contributed by atoms with van der Waals surface area (Å²) >= 11 is 7.61. The van der Waals surface area contributed by atoms with Gasteiger partial charge in [-0.05, 0) is 31.0 Å². The monoisotopic (exact) mass is 448 g/mol. The van der Waals surface area contributed by atoms with Gasteiger partial charge in [0.1, 0.15) is 6.04 Å². The highest BCUT2D eigenvalue weighted by atomic mass is 35.5. The molecule has 30 heavy (non-hydrogen) atoms. The Morgan fingerprint density at radius 1 is 1.33 bits per heavy atom. The molecule has 2 saturated heterocycles. The number of amides is 5. The molecule has 0 aromatic heterocycles. The van der Waals surface area contributed by atoms with E-state index in [2.05, 4.69) is 16.0 Å².